The molecule has 3 heterocycles. The molecule has 0 saturated carbocycles. The number of hydrogen-bond acceptors (Lipinski definition) is 7. The van der Waals surface area contributed by atoms with Gasteiger partial charge in [-0.3, -0.25) is 0 Å². The van der Waals surface area contributed by atoms with E-state index >= 15 is 0 Å². The van der Waals surface area contributed by atoms with Crippen LogP contribution in [0.25, 0.3) is 11.4 Å². The van der Waals surface area contributed by atoms with E-state index < -0.39 is 10.2 Å². The number of rotatable bonds is 3. The fourth-order valence-corrected chi connectivity index (χ4v) is 2.02. The van der Waals surface area contributed by atoms with Crippen LogP contribution in [0.15, 0.2) is 30.5 Å². The maximum Gasteiger partial charge on any atom is 0.392 e. The lowest BCUT2D eigenvalue weighted by molar-refractivity contribution is -2.00. The Morgan fingerprint density at radius 3 is 2.61 bits per heavy atom. The third-order valence-electron chi connectivity index (χ3n) is 2.85. The van der Waals surface area contributed by atoms with Gasteiger partial charge in [0.05, 0.1) is 6.20 Å². The smallest absolute Gasteiger partial charge is 0.374 e. The van der Waals surface area contributed by atoms with Gasteiger partial charge in [0.15, 0.2) is 0 Å². The van der Waals surface area contributed by atoms with Crippen molar-refractivity contribution in [2.75, 3.05) is 6.61 Å². The number of pyridine rings is 1. The van der Waals surface area contributed by atoms with E-state index in [9.17, 15) is 0 Å². The van der Waals surface area contributed by atoms with Crippen LogP contribution >= 0.6 is 0 Å². The molecule has 0 aliphatic rings. The second kappa shape index (κ2) is 7.13. The lowest BCUT2D eigenvalue weighted by Gasteiger charge is -2.17. The van der Waals surface area contributed by atoms with Gasteiger partial charge in [-0.05, 0) is 19.9 Å². The highest BCUT2D eigenvalue weighted by molar-refractivity contribution is 5.35. The summed E-state index contributed by atoms with van der Waals surface area (Å²) in [5, 5.41) is 4.51. The van der Waals surface area contributed by atoms with E-state index in [1.54, 1.807) is 0 Å². The van der Waals surface area contributed by atoms with Gasteiger partial charge in [0.25, 0.3) is 5.65 Å². The van der Waals surface area contributed by atoms with Gasteiger partial charge in [0.2, 0.25) is 0 Å². The topological polar surface area (TPSA) is 136 Å². The van der Waals surface area contributed by atoms with Gasteiger partial charge in [-0.1, -0.05) is 10.6 Å². The molecule has 9 nitrogen and oxygen atoms in total. The number of aryl methyl sites for hydroxylation is 1. The molecule has 0 radical (unpaired) electrons. The fourth-order valence-electron chi connectivity index (χ4n) is 2.02. The maximum atomic E-state index is 8.49. The van der Waals surface area contributed by atoms with Crippen molar-refractivity contribution in [2.45, 2.75) is 20.5 Å². The first kappa shape index (κ1) is 17.5. The molecule has 0 aliphatic carbocycles. The minimum atomic E-state index is -4.94. The van der Waals surface area contributed by atoms with Crippen molar-refractivity contribution in [3.8, 4) is 0 Å². The molecule has 0 amide bonds. The van der Waals surface area contributed by atoms with E-state index in [1.807, 2.05) is 53.2 Å². The van der Waals surface area contributed by atoms with Crippen LogP contribution in [-0.2, 0) is 11.3 Å². The minimum Gasteiger partial charge on any atom is -0.374 e. The van der Waals surface area contributed by atoms with E-state index in [2.05, 4.69) is 10.1 Å². The van der Waals surface area contributed by atoms with Gasteiger partial charge in [-0.15, -0.1) is 15.2 Å². The Kier molecular flexibility index (Phi) is 5.42. The van der Waals surface area contributed by atoms with Crippen molar-refractivity contribution >= 4 is 11.4 Å². The Morgan fingerprint density at radius 1 is 1.26 bits per heavy atom. The van der Waals surface area contributed by atoms with E-state index in [1.165, 1.54) is 0 Å². The van der Waals surface area contributed by atoms with Crippen molar-refractivity contribution in [2.24, 2.45) is 0 Å². The van der Waals surface area contributed by atoms with Crippen LogP contribution in [0.4, 0.5) is 0 Å². The van der Waals surface area contributed by atoms with Gasteiger partial charge in [-0.25, -0.2) is 18.6 Å². The average molecular weight is 343 g/mol. The van der Waals surface area contributed by atoms with Gasteiger partial charge in [0, 0.05) is 23.8 Å². The van der Waals surface area contributed by atoms with Crippen LogP contribution < -0.4 is 23.0 Å². The molecule has 3 aromatic rings. The van der Waals surface area contributed by atoms with Crippen molar-refractivity contribution in [3.63, 3.8) is 0 Å². The van der Waals surface area contributed by atoms with Crippen molar-refractivity contribution in [1.29, 1.82) is 0 Å². The average Bonchev–Trinajstić information content (AvgIpc) is 2.83. The highest BCUT2D eigenvalue weighted by Gasteiger charge is 2.17. The van der Waals surface area contributed by atoms with Crippen LogP contribution in [0.5, 0.6) is 0 Å². The lowest BCUT2D eigenvalue weighted by Crippen LogP contribution is -2.68. The molecular formula is C13H15ClN4O5. The molecule has 0 bridgehead atoms. The Bertz CT molecular complexity index is 796. The van der Waals surface area contributed by atoms with E-state index in [0.29, 0.717) is 13.2 Å². The quantitative estimate of drug-likeness (QED) is 0.451. The van der Waals surface area contributed by atoms with Gasteiger partial charge < -0.3 is 4.74 Å². The van der Waals surface area contributed by atoms with E-state index in [4.69, 9.17) is 23.4 Å². The molecule has 23 heavy (non-hydrogen) atoms. The minimum absolute atomic E-state index is 0.536. The summed E-state index contributed by atoms with van der Waals surface area (Å²) in [7, 11) is -4.94. The summed E-state index contributed by atoms with van der Waals surface area (Å²) in [5.74, 6) is 0.820. The van der Waals surface area contributed by atoms with Crippen molar-refractivity contribution < 1.29 is 38.0 Å². The highest BCUT2D eigenvalue weighted by atomic mass is 35.7. The van der Waals surface area contributed by atoms with E-state index in [-0.39, 0.29) is 0 Å². The predicted molar refractivity (Wildman–Crippen MR) is 66.2 cm³/mol. The first-order valence-corrected chi connectivity index (χ1v) is 7.88. The highest BCUT2D eigenvalue weighted by Crippen LogP contribution is 2.06. The Balaban J connectivity index is 0.000000338. The molecule has 124 valence electrons. The Morgan fingerprint density at radius 2 is 1.96 bits per heavy atom. The zero-order valence-corrected chi connectivity index (χ0v) is 13.3. The molecule has 0 spiro atoms. The molecule has 0 saturated heterocycles. The SMILES string of the molecule is CCOCc1cc(C)n2nc3cccc[n+]3c2n1.[O-][Cl+3]([O-])([O-])[O-]. The van der Waals surface area contributed by atoms with Gasteiger partial charge in [-0.2, -0.15) is 4.40 Å². The summed E-state index contributed by atoms with van der Waals surface area (Å²) in [5.41, 5.74) is 2.88. The summed E-state index contributed by atoms with van der Waals surface area (Å²) in [4.78, 5) is 4.60. The predicted octanol–water partition coefficient (Wildman–Crippen LogP) is -3.44. The summed E-state index contributed by atoms with van der Waals surface area (Å²) < 4.78 is 43.2. The second-order valence-electron chi connectivity index (χ2n) is 4.54. The molecular weight excluding hydrogens is 328 g/mol. The van der Waals surface area contributed by atoms with Crippen LogP contribution in [0.3, 0.4) is 0 Å². The number of ether oxygens (including phenoxy) is 1. The number of fused-ring (bicyclic) bond motifs is 3. The zero-order chi connectivity index (χ0) is 17.0. The lowest BCUT2D eigenvalue weighted by atomic mass is 10.3. The monoisotopic (exact) mass is 342 g/mol. The van der Waals surface area contributed by atoms with Gasteiger partial charge >= 0.3 is 5.78 Å². The molecule has 3 aromatic heterocycles. The molecule has 3 rings (SSSR count). The first-order chi connectivity index (χ1) is 10.8. The van der Waals surface area contributed by atoms with Crippen LogP contribution in [-0.4, -0.2) is 21.2 Å². The van der Waals surface area contributed by atoms with E-state index in [0.717, 1.165) is 22.8 Å². The second-order valence-corrected chi connectivity index (χ2v) is 5.30. The number of hydrogen-bond donors (Lipinski definition) is 0. The molecule has 0 unspecified atom stereocenters. The fraction of sp³-hybridized carbons (Fsp3) is 0.308. The number of halogens is 1. The molecule has 0 atom stereocenters. The first-order valence-electron chi connectivity index (χ1n) is 6.64. The molecule has 10 heteroatoms. The van der Waals surface area contributed by atoms with Crippen LogP contribution in [0.1, 0.15) is 18.3 Å². The number of nitrogens with zero attached hydrogens (tertiary/aromatic N) is 4. The van der Waals surface area contributed by atoms with Gasteiger partial charge in [0.1, 0.15) is 18.0 Å². The zero-order valence-electron chi connectivity index (χ0n) is 12.5. The summed E-state index contributed by atoms with van der Waals surface area (Å²) in [6.45, 7) is 5.23. The Labute approximate surface area is 133 Å². The van der Waals surface area contributed by atoms with Crippen molar-refractivity contribution in [3.05, 3.63) is 41.9 Å². The molecule has 0 aromatic carbocycles. The summed E-state index contributed by atoms with van der Waals surface area (Å²) >= 11 is 0. The summed E-state index contributed by atoms with van der Waals surface area (Å²) in [6.07, 6.45) is 1.97. The maximum absolute atomic E-state index is 8.49. The largest absolute Gasteiger partial charge is 0.392 e. The standard InChI is InChI=1S/C13H15N4O.ClHO4/c1-3-18-9-11-8-10(2)17-13(14-11)16-7-5-4-6-12(16)15-17;2-1(3,4)5/h4-8H,3,9H2,1-2H3;(H,2,3,4,5)/q+1;/p-1. The number of aromatic nitrogens is 4. The van der Waals surface area contributed by atoms with Crippen LogP contribution in [0.2, 0.25) is 0 Å². The summed E-state index contributed by atoms with van der Waals surface area (Å²) in [6, 6.07) is 7.92. The molecule has 0 aliphatic heterocycles. The third kappa shape index (κ3) is 4.79. The normalized spacial score (nSPS) is 11.6. The molecule has 0 N–H and O–H groups in total. The third-order valence-corrected chi connectivity index (χ3v) is 2.85. The van der Waals surface area contributed by atoms with Crippen LogP contribution in [0, 0.1) is 17.2 Å². The Hall–Kier alpha value is -1.88. The van der Waals surface area contributed by atoms with Crippen molar-refractivity contribution in [1.82, 2.24) is 14.6 Å². The molecule has 0 fully saturated rings.